The van der Waals surface area contributed by atoms with Gasteiger partial charge in [0.2, 0.25) is 5.82 Å². The van der Waals surface area contributed by atoms with Crippen LogP contribution in [0.15, 0.2) is 49.2 Å². The van der Waals surface area contributed by atoms with E-state index in [2.05, 4.69) is 30.2 Å². The molecule has 1 atom stereocenters. The first-order chi connectivity index (χ1) is 15.3. The lowest BCUT2D eigenvalue weighted by molar-refractivity contribution is -0.145. The Morgan fingerprint density at radius 3 is 2.34 bits per heavy atom. The number of fused-ring (bicyclic) bond motifs is 1. The summed E-state index contributed by atoms with van der Waals surface area (Å²) in [5.41, 5.74) is 3.69. The molecule has 3 aromatic heterocycles. The number of ether oxygens (including phenoxy) is 1. The van der Waals surface area contributed by atoms with Crippen LogP contribution in [0.1, 0.15) is 29.9 Å². The van der Waals surface area contributed by atoms with Crippen LogP contribution in [0.5, 0.6) is 5.75 Å². The summed E-state index contributed by atoms with van der Waals surface area (Å²) in [7, 11) is 1.55. The van der Waals surface area contributed by atoms with Gasteiger partial charge in [-0.05, 0) is 37.6 Å². The minimum Gasteiger partial charge on any atom is -0.494 e. The molecular formula is C22H19F3N6O. The summed E-state index contributed by atoms with van der Waals surface area (Å²) in [5, 5.41) is 3.89. The first-order valence-electron chi connectivity index (χ1n) is 9.67. The van der Waals surface area contributed by atoms with Crippen molar-refractivity contribution < 1.29 is 17.9 Å². The second-order valence-electron chi connectivity index (χ2n) is 7.22. The number of halogens is 3. The molecule has 0 bridgehead atoms. The van der Waals surface area contributed by atoms with Gasteiger partial charge in [0.25, 0.3) is 0 Å². The highest BCUT2D eigenvalue weighted by Gasteiger charge is 2.34. The first-order valence-corrected chi connectivity index (χ1v) is 9.67. The number of aromatic nitrogens is 5. The number of hydrogen-bond donors (Lipinski definition) is 1. The standard InChI is InChI=1S/C22H19F3N6O/c1-12-4-5-17(26-8-12)14-6-16-19(18(7-14)32-3)29-11-30-20(16)31-13(2)15-9-27-21(28-10-15)22(23,24)25/h4-11,13H,1-3H3,(H,29,30,31)/t13-/m1/s1. The van der Waals surface area contributed by atoms with Crippen LogP contribution in [0, 0.1) is 6.92 Å². The molecule has 0 fully saturated rings. The van der Waals surface area contributed by atoms with E-state index in [-0.39, 0.29) is 0 Å². The Hall–Kier alpha value is -3.82. The molecule has 0 aliphatic rings. The van der Waals surface area contributed by atoms with E-state index in [0.717, 1.165) is 29.2 Å². The minimum absolute atomic E-state index is 0.414. The second kappa shape index (κ2) is 8.37. The molecule has 0 saturated carbocycles. The summed E-state index contributed by atoms with van der Waals surface area (Å²) in [6.07, 6.45) is 0.888. The Morgan fingerprint density at radius 1 is 0.969 bits per heavy atom. The average molecular weight is 440 g/mol. The highest BCUT2D eigenvalue weighted by atomic mass is 19.4. The summed E-state index contributed by atoms with van der Waals surface area (Å²) in [4.78, 5) is 20.0. The zero-order valence-electron chi connectivity index (χ0n) is 17.5. The van der Waals surface area contributed by atoms with Crippen molar-refractivity contribution in [3.05, 3.63) is 66.1 Å². The van der Waals surface area contributed by atoms with Crippen molar-refractivity contribution in [1.29, 1.82) is 0 Å². The number of methoxy groups -OCH3 is 1. The van der Waals surface area contributed by atoms with E-state index in [4.69, 9.17) is 4.74 Å². The van der Waals surface area contributed by atoms with E-state index in [0.29, 0.717) is 28.0 Å². The number of nitrogens with zero attached hydrogens (tertiary/aromatic N) is 5. The molecule has 0 aliphatic carbocycles. The number of nitrogens with one attached hydrogen (secondary N) is 1. The first kappa shape index (κ1) is 21.4. The fraction of sp³-hybridized carbons (Fsp3) is 0.227. The number of pyridine rings is 1. The average Bonchev–Trinajstić information content (AvgIpc) is 2.78. The molecule has 10 heteroatoms. The van der Waals surface area contributed by atoms with Crippen LogP contribution < -0.4 is 10.1 Å². The van der Waals surface area contributed by atoms with Crippen LogP contribution in [-0.4, -0.2) is 32.0 Å². The Kier molecular flexibility index (Phi) is 5.60. The summed E-state index contributed by atoms with van der Waals surface area (Å²) >= 11 is 0. The zero-order valence-corrected chi connectivity index (χ0v) is 17.5. The third kappa shape index (κ3) is 4.29. The van der Waals surface area contributed by atoms with E-state index in [1.807, 2.05) is 31.2 Å². The zero-order chi connectivity index (χ0) is 22.9. The highest BCUT2D eigenvalue weighted by molar-refractivity contribution is 5.96. The molecule has 0 amide bonds. The third-order valence-corrected chi connectivity index (χ3v) is 4.91. The molecule has 7 nitrogen and oxygen atoms in total. The number of benzene rings is 1. The highest BCUT2D eigenvalue weighted by Crippen LogP contribution is 2.34. The lowest BCUT2D eigenvalue weighted by atomic mass is 10.1. The molecule has 0 unspecified atom stereocenters. The predicted octanol–water partition coefficient (Wildman–Crippen LogP) is 4.99. The predicted molar refractivity (Wildman–Crippen MR) is 113 cm³/mol. The van der Waals surface area contributed by atoms with Gasteiger partial charge in [0.1, 0.15) is 23.4 Å². The SMILES string of the molecule is COc1cc(-c2ccc(C)cn2)cc2c(N[C@H](C)c3cnc(C(F)(F)F)nc3)ncnc12. The fourth-order valence-electron chi connectivity index (χ4n) is 3.19. The maximum absolute atomic E-state index is 12.7. The molecular weight excluding hydrogens is 421 g/mol. The molecule has 4 rings (SSSR count). The van der Waals surface area contributed by atoms with Crippen molar-refractivity contribution in [2.45, 2.75) is 26.1 Å². The molecule has 0 aliphatic heterocycles. The molecule has 0 saturated heterocycles. The molecule has 0 radical (unpaired) electrons. The minimum atomic E-state index is -4.59. The molecule has 1 aromatic carbocycles. The quantitative estimate of drug-likeness (QED) is 0.468. The number of anilines is 1. The maximum Gasteiger partial charge on any atom is 0.451 e. The number of hydrogen-bond acceptors (Lipinski definition) is 7. The molecule has 3 heterocycles. The monoisotopic (exact) mass is 440 g/mol. The third-order valence-electron chi connectivity index (χ3n) is 4.91. The van der Waals surface area contributed by atoms with Crippen LogP contribution in [0.3, 0.4) is 0 Å². The van der Waals surface area contributed by atoms with Gasteiger partial charge in [-0.3, -0.25) is 4.98 Å². The van der Waals surface area contributed by atoms with Crippen molar-refractivity contribution >= 4 is 16.7 Å². The Bertz CT molecular complexity index is 1240. The van der Waals surface area contributed by atoms with Crippen LogP contribution in [0.25, 0.3) is 22.2 Å². The van der Waals surface area contributed by atoms with Crippen LogP contribution in [0.2, 0.25) is 0 Å². The Morgan fingerprint density at radius 2 is 1.72 bits per heavy atom. The summed E-state index contributed by atoms with van der Waals surface area (Å²) in [6, 6.07) is 7.21. The smallest absolute Gasteiger partial charge is 0.451 e. The van der Waals surface area contributed by atoms with Crippen molar-refractivity contribution in [2.24, 2.45) is 0 Å². The van der Waals surface area contributed by atoms with E-state index < -0.39 is 18.0 Å². The van der Waals surface area contributed by atoms with Gasteiger partial charge >= 0.3 is 6.18 Å². The molecule has 4 aromatic rings. The van der Waals surface area contributed by atoms with Crippen LogP contribution in [-0.2, 0) is 6.18 Å². The molecule has 32 heavy (non-hydrogen) atoms. The lowest BCUT2D eigenvalue weighted by Gasteiger charge is -2.17. The van der Waals surface area contributed by atoms with Gasteiger partial charge in [0.15, 0.2) is 0 Å². The number of alkyl halides is 3. The van der Waals surface area contributed by atoms with Gasteiger partial charge in [-0.2, -0.15) is 13.2 Å². The normalized spacial score (nSPS) is 12.6. The van der Waals surface area contributed by atoms with E-state index in [1.54, 1.807) is 20.2 Å². The van der Waals surface area contributed by atoms with Crippen molar-refractivity contribution in [2.75, 3.05) is 12.4 Å². The maximum atomic E-state index is 12.7. The van der Waals surface area contributed by atoms with Gasteiger partial charge < -0.3 is 10.1 Å². The number of aryl methyl sites for hydroxylation is 1. The van der Waals surface area contributed by atoms with Gasteiger partial charge in [0, 0.05) is 35.1 Å². The topological polar surface area (TPSA) is 85.7 Å². The summed E-state index contributed by atoms with van der Waals surface area (Å²) in [5.74, 6) is -0.133. The van der Waals surface area contributed by atoms with E-state index in [1.165, 1.54) is 6.33 Å². The van der Waals surface area contributed by atoms with Gasteiger partial charge in [-0.1, -0.05) is 6.07 Å². The second-order valence-corrected chi connectivity index (χ2v) is 7.22. The largest absolute Gasteiger partial charge is 0.494 e. The van der Waals surface area contributed by atoms with E-state index >= 15 is 0 Å². The fourth-order valence-corrected chi connectivity index (χ4v) is 3.19. The van der Waals surface area contributed by atoms with Crippen molar-refractivity contribution in [1.82, 2.24) is 24.9 Å². The van der Waals surface area contributed by atoms with Crippen molar-refractivity contribution in [3.63, 3.8) is 0 Å². The Labute approximate surface area is 181 Å². The van der Waals surface area contributed by atoms with Crippen LogP contribution in [0.4, 0.5) is 19.0 Å². The summed E-state index contributed by atoms with van der Waals surface area (Å²) < 4.78 is 43.7. The lowest BCUT2D eigenvalue weighted by Crippen LogP contribution is -2.14. The Balaban J connectivity index is 1.72. The van der Waals surface area contributed by atoms with E-state index in [9.17, 15) is 13.2 Å². The summed E-state index contributed by atoms with van der Waals surface area (Å²) in [6.45, 7) is 3.74. The molecule has 0 spiro atoms. The van der Waals surface area contributed by atoms with Gasteiger partial charge in [0.05, 0.1) is 18.8 Å². The van der Waals surface area contributed by atoms with Gasteiger partial charge in [-0.25, -0.2) is 19.9 Å². The van der Waals surface area contributed by atoms with Crippen molar-refractivity contribution in [3.8, 4) is 17.0 Å². The molecule has 164 valence electrons. The van der Waals surface area contributed by atoms with Crippen LogP contribution >= 0.6 is 0 Å². The number of rotatable bonds is 5. The van der Waals surface area contributed by atoms with Gasteiger partial charge in [-0.15, -0.1) is 0 Å². The molecule has 1 N–H and O–H groups in total.